The maximum atomic E-state index is 12.6. The van der Waals surface area contributed by atoms with Crippen molar-refractivity contribution < 1.29 is 13.2 Å². The Kier molecular flexibility index (Phi) is 5.79. The lowest BCUT2D eigenvalue weighted by Gasteiger charge is -2.18. The SMILES string of the molecule is CCN(CC)S(=O)(=O)c1cccc(NC(=O)c2cc(C)sc2C)c1. The molecule has 0 saturated carbocycles. The molecular formula is C17H22N2O3S2. The molecule has 7 heteroatoms. The van der Waals surface area contributed by atoms with E-state index in [0.29, 0.717) is 24.3 Å². The van der Waals surface area contributed by atoms with Crippen molar-refractivity contribution in [2.45, 2.75) is 32.6 Å². The molecule has 0 aliphatic rings. The van der Waals surface area contributed by atoms with E-state index in [1.54, 1.807) is 43.4 Å². The van der Waals surface area contributed by atoms with Gasteiger partial charge in [-0.3, -0.25) is 4.79 Å². The lowest BCUT2D eigenvalue weighted by molar-refractivity contribution is 0.102. The van der Waals surface area contributed by atoms with Crippen LogP contribution in [0.25, 0.3) is 0 Å². The van der Waals surface area contributed by atoms with Crippen LogP contribution in [0.2, 0.25) is 0 Å². The largest absolute Gasteiger partial charge is 0.322 e. The topological polar surface area (TPSA) is 66.5 Å². The highest BCUT2D eigenvalue weighted by Gasteiger charge is 2.22. The second-order valence-electron chi connectivity index (χ2n) is 5.40. The van der Waals surface area contributed by atoms with E-state index < -0.39 is 10.0 Å². The molecule has 1 amide bonds. The molecule has 0 unspecified atom stereocenters. The number of nitrogens with zero attached hydrogens (tertiary/aromatic N) is 1. The Hall–Kier alpha value is -1.70. The summed E-state index contributed by atoms with van der Waals surface area (Å²) in [7, 11) is -3.54. The molecule has 1 aromatic heterocycles. The number of carbonyl (C=O) groups excluding carboxylic acids is 1. The molecule has 0 fully saturated rings. The van der Waals surface area contributed by atoms with Crippen LogP contribution in [0, 0.1) is 13.8 Å². The van der Waals surface area contributed by atoms with Crippen LogP contribution in [0.5, 0.6) is 0 Å². The van der Waals surface area contributed by atoms with E-state index in [2.05, 4.69) is 5.32 Å². The number of anilines is 1. The van der Waals surface area contributed by atoms with E-state index in [1.807, 2.05) is 19.9 Å². The number of aryl methyl sites for hydroxylation is 2. The molecule has 1 aromatic carbocycles. The summed E-state index contributed by atoms with van der Waals surface area (Å²) in [6, 6.07) is 8.21. The van der Waals surface area contributed by atoms with E-state index in [0.717, 1.165) is 9.75 Å². The second kappa shape index (κ2) is 7.46. The lowest BCUT2D eigenvalue weighted by atomic mass is 10.2. The number of thiophene rings is 1. The zero-order chi connectivity index (χ0) is 17.9. The van der Waals surface area contributed by atoms with Crippen molar-refractivity contribution in [1.29, 1.82) is 0 Å². The fourth-order valence-corrected chi connectivity index (χ4v) is 4.93. The molecule has 1 heterocycles. The van der Waals surface area contributed by atoms with E-state index in [4.69, 9.17) is 0 Å². The van der Waals surface area contributed by atoms with E-state index in [9.17, 15) is 13.2 Å². The third-order valence-electron chi connectivity index (χ3n) is 3.72. The van der Waals surface area contributed by atoms with Gasteiger partial charge in [-0.05, 0) is 38.1 Å². The highest BCUT2D eigenvalue weighted by atomic mass is 32.2. The number of sulfonamides is 1. The Morgan fingerprint density at radius 2 is 1.83 bits per heavy atom. The molecule has 1 N–H and O–H groups in total. The fraction of sp³-hybridized carbons (Fsp3) is 0.353. The predicted octanol–water partition coefficient (Wildman–Crippen LogP) is 3.65. The molecule has 130 valence electrons. The summed E-state index contributed by atoms with van der Waals surface area (Å²) in [6.07, 6.45) is 0. The van der Waals surface area contributed by atoms with Crippen LogP contribution in [0.15, 0.2) is 35.2 Å². The molecule has 2 rings (SSSR count). The molecule has 0 radical (unpaired) electrons. The number of rotatable bonds is 6. The Bertz CT molecular complexity index is 837. The summed E-state index contributed by atoms with van der Waals surface area (Å²) < 4.78 is 26.5. The number of nitrogens with one attached hydrogen (secondary N) is 1. The van der Waals surface area contributed by atoms with Crippen LogP contribution < -0.4 is 5.32 Å². The maximum Gasteiger partial charge on any atom is 0.256 e. The molecule has 2 aromatic rings. The van der Waals surface area contributed by atoms with Gasteiger partial charge in [-0.25, -0.2) is 8.42 Å². The first-order valence-corrected chi connectivity index (χ1v) is 10.0. The first kappa shape index (κ1) is 18.6. The van der Waals surface area contributed by atoms with Gasteiger partial charge in [0.05, 0.1) is 10.5 Å². The third-order valence-corrected chi connectivity index (χ3v) is 6.73. The monoisotopic (exact) mass is 366 g/mol. The van der Waals surface area contributed by atoms with Crippen molar-refractivity contribution in [2.75, 3.05) is 18.4 Å². The Morgan fingerprint density at radius 3 is 2.38 bits per heavy atom. The molecule has 0 aliphatic heterocycles. The minimum absolute atomic E-state index is 0.183. The van der Waals surface area contributed by atoms with Gasteiger partial charge in [0, 0.05) is 28.5 Å². The number of amides is 1. The van der Waals surface area contributed by atoms with Crippen LogP contribution in [-0.2, 0) is 10.0 Å². The molecule has 0 aliphatic carbocycles. The number of benzene rings is 1. The summed E-state index contributed by atoms with van der Waals surface area (Å²) in [5.74, 6) is -0.228. The number of hydrogen-bond donors (Lipinski definition) is 1. The van der Waals surface area contributed by atoms with Gasteiger partial charge >= 0.3 is 0 Å². The molecular weight excluding hydrogens is 344 g/mol. The van der Waals surface area contributed by atoms with Crippen molar-refractivity contribution in [2.24, 2.45) is 0 Å². The van der Waals surface area contributed by atoms with Crippen molar-refractivity contribution in [3.05, 3.63) is 45.6 Å². The zero-order valence-electron chi connectivity index (χ0n) is 14.3. The van der Waals surface area contributed by atoms with E-state index in [-0.39, 0.29) is 10.8 Å². The van der Waals surface area contributed by atoms with Crippen molar-refractivity contribution in [1.82, 2.24) is 4.31 Å². The quantitative estimate of drug-likeness (QED) is 0.849. The lowest BCUT2D eigenvalue weighted by Crippen LogP contribution is -2.30. The van der Waals surface area contributed by atoms with Gasteiger partial charge in [0.1, 0.15) is 0 Å². The fourth-order valence-electron chi connectivity index (χ4n) is 2.50. The Morgan fingerprint density at radius 1 is 1.17 bits per heavy atom. The molecule has 24 heavy (non-hydrogen) atoms. The summed E-state index contributed by atoms with van der Waals surface area (Å²) in [5.41, 5.74) is 1.09. The minimum Gasteiger partial charge on any atom is -0.322 e. The molecule has 0 saturated heterocycles. The molecule has 5 nitrogen and oxygen atoms in total. The summed E-state index contributed by atoms with van der Waals surface area (Å²) in [4.78, 5) is 14.6. The summed E-state index contributed by atoms with van der Waals surface area (Å²) >= 11 is 1.56. The first-order valence-electron chi connectivity index (χ1n) is 7.78. The van der Waals surface area contributed by atoms with Crippen LogP contribution in [0.4, 0.5) is 5.69 Å². The average molecular weight is 367 g/mol. The van der Waals surface area contributed by atoms with Crippen LogP contribution in [0.3, 0.4) is 0 Å². The average Bonchev–Trinajstić information content (AvgIpc) is 2.87. The second-order valence-corrected chi connectivity index (χ2v) is 8.80. The standard InChI is InChI=1S/C17H22N2O3S2/c1-5-19(6-2)24(21,22)15-9-7-8-14(11-15)18-17(20)16-10-12(3)23-13(16)4/h7-11H,5-6H2,1-4H3,(H,18,20). The van der Waals surface area contributed by atoms with Crippen molar-refractivity contribution in [3.8, 4) is 0 Å². The van der Waals surface area contributed by atoms with Gasteiger partial charge in [0.25, 0.3) is 5.91 Å². The number of carbonyl (C=O) groups is 1. The van der Waals surface area contributed by atoms with Crippen molar-refractivity contribution >= 4 is 33.0 Å². The zero-order valence-corrected chi connectivity index (χ0v) is 15.9. The van der Waals surface area contributed by atoms with E-state index >= 15 is 0 Å². The van der Waals surface area contributed by atoms with Gasteiger partial charge in [-0.2, -0.15) is 4.31 Å². The maximum absolute atomic E-state index is 12.6. The minimum atomic E-state index is -3.54. The van der Waals surface area contributed by atoms with Gasteiger partial charge in [0.2, 0.25) is 10.0 Å². The predicted molar refractivity (Wildman–Crippen MR) is 98.3 cm³/mol. The normalized spacial score (nSPS) is 11.7. The van der Waals surface area contributed by atoms with Gasteiger partial charge in [0.15, 0.2) is 0 Å². The van der Waals surface area contributed by atoms with Crippen LogP contribution in [-0.4, -0.2) is 31.7 Å². The van der Waals surface area contributed by atoms with Gasteiger partial charge in [-0.1, -0.05) is 19.9 Å². The number of hydrogen-bond acceptors (Lipinski definition) is 4. The third kappa shape index (κ3) is 3.85. The van der Waals surface area contributed by atoms with Gasteiger partial charge < -0.3 is 5.32 Å². The summed E-state index contributed by atoms with van der Waals surface area (Å²) in [6.45, 7) is 8.26. The van der Waals surface area contributed by atoms with Crippen LogP contribution in [0.1, 0.15) is 34.0 Å². The molecule has 0 spiro atoms. The highest BCUT2D eigenvalue weighted by molar-refractivity contribution is 7.89. The first-order chi connectivity index (χ1) is 11.3. The van der Waals surface area contributed by atoms with Gasteiger partial charge in [-0.15, -0.1) is 11.3 Å². The summed E-state index contributed by atoms with van der Waals surface area (Å²) in [5, 5.41) is 2.78. The van der Waals surface area contributed by atoms with E-state index in [1.165, 1.54) is 10.4 Å². The van der Waals surface area contributed by atoms with Crippen molar-refractivity contribution in [3.63, 3.8) is 0 Å². The van der Waals surface area contributed by atoms with Crippen LogP contribution >= 0.6 is 11.3 Å². The smallest absolute Gasteiger partial charge is 0.256 e. The Balaban J connectivity index is 2.28. The highest BCUT2D eigenvalue weighted by Crippen LogP contribution is 2.23. The Labute approximate surface area is 147 Å². The molecule has 0 bridgehead atoms. The molecule has 0 atom stereocenters.